The summed E-state index contributed by atoms with van der Waals surface area (Å²) < 4.78 is 5.86. The van der Waals surface area contributed by atoms with E-state index < -0.39 is 0 Å². The number of hydrogen-bond acceptors (Lipinski definition) is 3. The third-order valence-electron chi connectivity index (χ3n) is 5.15. The van der Waals surface area contributed by atoms with Crippen LogP contribution in [0.15, 0.2) is 30.3 Å². The number of rotatable bonds is 6. The minimum Gasteiger partial charge on any atom is -0.370 e. The fourth-order valence-corrected chi connectivity index (χ4v) is 3.42. The van der Waals surface area contributed by atoms with E-state index in [2.05, 4.69) is 24.0 Å². The van der Waals surface area contributed by atoms with E-state index >= 15 is 0 Å². The minimum atomic E-state index is 0.209. The Balaban J connectivity index is 1.32. The van der Waals surface area contributed by atoms with Crippen LogP contribution < -0.4 is 0 Å². The van der Waals surface area contributed by atoms with Crippen molar-refractivity contribution in [2.45, 2.75) is 38.9 Å². The van der Waals surface area contributed by atoms with E-state index in [4.69, 9.17) is 4.74 Å². The molecule has 2 heterocycles. The van der Waals surface area contributed by atoms with E-state index in [1.807, 2.05) is 23.1 Å². The van der Waals surface area contributed by atoms with Gasteiger partial charge in [0.15, 0.2) is 0 Å². The molecule has 4 heteroatoms. The molecule has 0 radical (unpaired) electrons. The zero-order valence-electron chi connectivity index (χ0n) is 14.1. The summed E-state index contributed by atoms with van der Waals surface area (Å²) in [6.45, 7) is 7.81. The molecule has 1 amide bonds. The summed E-state index contributed by atoms with van der Waals surface area (Å²) in [5.41, 5.74) is 1.19. The zero-order chi connectivity index (χ0) is 16.1. The molecule has 2 aliphatic heterocycles. The maximum atomic E-state index is 12.3. The lowest BCUT2D eigenvalue weighted by Gasteiger charge is -2.40. The van der Waals surface area contributed by atoms with Gasteiger partial charge in [0, 0.05) is 19.5 Å². The van der Waals surface area contributed by atoms with Crippen LogP contribution in [0.5, 0.6) is 0 Å². The van der Waals surface area contributed by atoms with Gasteiger partial charge < -0.3 is 14.5 Å². The van der Waals surface area contributed by atoms with Gasteiger partial charge in [0.25, 0.3) is 0 Å². The van der Waals surface area contributed by atoms with Crippen LogP contribution in [0.25, 0.3) is 0 Å². The lowest BCUT2D eigenvalue weighted by molar-refractivity contribution is -0.147. The van der Waals surface area contributed by atoms with Crippen molar-refractivity contribution in [2.24, 2.45) is 5.92 Å². The van der Waals surface area contributed by atoms with Crippen molar-refractivity contribution in [3.05, 3.63) is 35.9 Å². The third kappa shape index (κ3) is 4.55. The van der Waals surface area contributed by atoms with Crippen LogP contribution in [0, 0.1) is 5.92 Å². The maximum Gasteiger partial charge on any atom is 0.223 e. The number of carbonyl (C=O) groups excluding carboxylic acids is 1. The van der Waals surface area contributed by atoms with Gasteiger partial charge in [-0.1, -0.05) is 37.3 Å². The Hall–Kier alpha value is -1.39. The molecule has 0 N–H and O–H groups in total. The molecule has 2 saturated heterocycles. The highest BCUT2D eigenvalue weighted by molar-refractivity contribution is 5.77. The van der Waals surface area contributed by atoms with Crippen molar-refractivity contribution in [2.75, 3.05) is 32.7 Å². The molecule has 126 valence electrons. The summed E-state index contributed by atoms with van der Waals surface area (Å²) in [5.74, 6) is 0.897. The molecular weight excluding hydrogens is 288 g/mol. The highest BCUT2D eigenvalue weighted by Gasteiger charge is 2.32. The summed E-state index contributed by atoms with van der Waals surface area (Å²) >= 11 is 0. The van der Waals surface area contributed by atoms with Crippen molar-refractivity contribution in [1.29, 1.82) is 0 Å². The Morgan fingerprint density at radius 3 is 2.52 bits per heavy atom. The van der Waals surface area contributed by atoms with Crippen molar-refractivity contribution in [3.63, 3.8) is 0 Å². The Bertz CT molecular complexity index is 491. The number of benzene rings is 1. The van der Waals surface area contributed by atoms with Gasteiger partial charge in [-0.25, -0.2) is 0 Å². The number of carbonyl (C=O) groups is 1. The standard InChI is InChI=1S/C19H28N2O2/c1-2-20-10-8-16(9-11-20)12-19(22)21-13-18(14-21)23-15-17-6-4-3-5-7-17/h3-7,16,18H,2,8-15H2,1H3. The molecule has 0 bridgehead atoms. The van der Waals surface area contributed by atoms with E-state index in [1.165, 1.54) is 18.4 Å². The predicted molar refractivity (Wildman–Crippen MR) is 91.1 cm³/mol. The van der Waals surface area contributed by atoms with Crippen LogP contribution in [0.4, 0.5) is 0 Å². The third-order valence-corrected chi connectivity index (χ3v) is 5.15. The van der Waals surface area contributed by atoms with E-state index in [0.29, 0.717) is 18.4 Å². The van der Waals surface area contributed by atoms with E-state index in [0.717, 1.165) is 39.1 Å². The maximum absolute atomic E-state index is 12.3. The first-order valence-corrected chi connectivity index (χ1v) is 8.90. The van der Waals surface area contributed by atoms with Crippen molar-refractivity contribution in [3.8, 4) is 0 Å². The first-order chi connectivity index (χ1) is 11.2. The highest BCUT2D eigenvalue weighted by atomic mass is 16.5. The first kappa shape index (κ1) is 16.5. The Labute approximate surface area is 139 Å². The van der Waals surface area contributed by atoms with Gasteiger partial charge in [0.05, 0.1) is 12.7 Å². The number of amides is 1. The van der Waals surface area contributed by atoms with Gasteiger partial charge in [-0.15, -0.1) is 0 Å². The Kier molecular flexibility index (Phi) is 5.68. The van der Waals surface area contributed by atoms with Crippen molar-refractivity contribution in [1.82, 2.24) is 9.80 Å². The fourth-order valence-electron chi connectivity index (χ4n) is 3.42. The molecule has 1 aromatic rings. The van der Waals surface area contributed by atoms with Crippen LogP contribution in [0.1, 0.15) is 31.7 Å². The molecule has 0 unspecified atom stereocenters. The Morgan fingerprint density at radius 1 is 1.17 bits per heavy atom. The summed E-state index contributed by atoms with van der Waals surface area (Å²) in [6.07, 6.45) is 3.27. The monoisotopic (exact) mass is 316 g/mol. The first-order valence-electron chi connectivity index (χ1n) is 8.90. The largest absolute Gasteiger partial charge is 0.370 e. The molecule has 0 saturated carbocycles. The van der Waals surface area contributed by atoms with Gasteiger partial charge in [-0.3, -0.25) is 4.79 Å². The van der Waals surface area contributed by atoms with Gasteiger partial charge >= 0.3 is 0 Å². The predicted octanol–water partition coefficient (Wildman–Crippen LogP) is 2.54. The van der Waals surface area contributed by atoms with Crippen LogP contribution in [-0.2, 0) is 16.1 Å². The number of ether oxygens (including phenoxy) is 1. The molecule has 2 aliphatic rings. The second kappa shape index (κ2) is 7.93. The lowest BCUT2D eigenvalue weighted by Crippen LogP contribution is -2.55. The van der Waals surface area contributed by atoms with E-state index in [9.17, 15) is 4.79 Å². The molecule has 4 nitrogen and oxygen atoms in total. The van der Waals surface area contributed by atoms with Crippen LogP contribution >= 0.6 is 0 Å². The second-order valence-electron chi connectivity index (χ2n) is 6.80. The average molecular weight is 316 g/mol. The molecule has 0 spiro atoms. The number of likely N-dealkylation sites (tertiary alicyclic amines) is 2. The summed E-state index contributed by atoms with van der Waals surface area (Å²) in [5, 5.41) is 0. The fraction of sp³-hybridized carbons (Fsp3) is 0.632. The number of piperidine rings is 1. The molecular formula is C19H28N2O2. The Morgan fingerprint density at radius 2 is 1.87 bits per heavy atom. The molecule has 0 aliphatic carbocycles. The molecule has 2 fully saturated rings. The molecule has 1 aromatic carbocycles. The topological polar surface area (TPSA) is 32.8 Å². The van der Waals surface area contributed by atoms with Gasteiger partial charge in [0.2, 0.25) is 5.91 Å². The second-order valence-corrected chi connectivity index (χ2v) is 6.80. The molecule has 3 rings (SSSR count). The quantitative estimate of drug-likeness (QED) is 0.808. The zero-order valence-corrected chi connectivity index (χ0v) is 14.1. The molecule has 0 aromatic heterocycles. The van der Waals surface area contributed by atoms with Crippen molar-refractivity contribution >= 4 is 5.91 Å². The SMILES string of the molecule is CCN1CCC(CC(=O)N2CC(OCc3ccccc3)C2)CC1. The van der Waals surface area contributed by atoms with Crippen LogP contribution in [-0.4, -0.2) is 54.5 Å². The van der Waals surface area contributed by atoms with Gasteiger partial charge in [-0.2, -0.15) is 0 Å². The van der Waals surface area contributed by atoms with Crippen LogP contribution in [0.2, 0.25) is 0 Å². The van der Waals surface area contributed by atoms with Gasteiger partial charge in [-0.05, 0) is 44.0 Å². The lowest BCUT2D eigenvalue weighted by atomic mass is 9.92. The molecule has 23 heavy (non-hydrogen) atoms. The minimum absolute atomic E-state index is 0.209. The number of hydrogen-bond donors (Lipinski definition) is 0. The van der Waals surface area contributed by atoms with E-state index in [-0.39, 0.29) is 6.10 Å². The van der Waals surface area contributed by atoms with Crippen LogP contribution in [0.3, 0.4) is 0 Å². The summed E-state index contributed by atoms with van der Waals surface area (Å²) in [6, 6.07) is 10.2. The highest BCUT2D eigenvalue weighted by Crippen LogP contribution is 2.23. The van der Waals surface area contributed by atoms with Gasteiger partial charge in [0.1, 0.15) is 0 Å². The van der Waals surface area contributed by atoms with Crippen molar-refractivity contribution < 1.29 is 9.53 Å². The average Bonchev–Trinajstić information content (AvgIpc) is 2.55. The summed E-state index contributed by atoms with van der Waals surface area (Å²) in [4.78, 5) is 16.8. The normalized spacial score (nSPS) is 20.5. The number of nitrogens with zero attached hydrogens (tertiary/aromatic N) is 2. The summed E-state index contributed by atoms with van der Waals surface area (Å²) in [7, 11) is 0. The van der Waals surface area contributed by atoms with E-state index in [1.54, 1.807) is 0 Å². The molecule has 0 atom stereocenters. The smallest absolute Gasteiger partial charge is 0.223 e.